The minimum atomic E-state index is -4.31. The van der Waals surface area contributed by atoms with Gasteiger partial charge in [0.05, 0.1) is 11.3 Å². The fourth-order valence-corrected chi connectivity index (χ4v) is 2.39. The number of alkyl halides is 3. The molecule has 2 N–H and O–H groups in total. The molecule has 0 aliphatic carbocycles. The smallest absolute Gasteiger partial charge is 0.325 e. The highest BCUT2D eigenvalue weighted by molar-refractivity contribution is 5.42. The third-order valence-electron chi connectivity index (χ3n) is 3.50. The van der Waals surface area contributed by atoms with Crippen molar-refractivity contribution in [1.29, 1.82) is 0 Å². The maximum atomic E-state index is 12.5. The molecule has 1 aromatic carbocycles. The molecule has 6 heteroatoms. The molecule has 0 saturated heterocycles. The van der Waals surface area contributed by atoms with Crippen molar-refractivity contribution in [3.8, 4) is 0 Å². The summed E-state index contributed by atoms with van der Waals surface area (Å²) in [6.45, 7) is 0.396. The van der Waals surface area contributed by atoms with Crippen molar-refractivity contribution in [2.75, 3.05) is 0 Å². The summed E-state index contributed by atoms with van der Waals surface area (Å²) in [7, 11) is 0. The first-order valence-electron chi connectivity index (χ1n) is 6.79. The van der Waals surface area contributed by atoms with Gasteiger partial charge in [0.25, 0.3) is 0 Å². The quantitative estimate of drug-likeness (QED) is 0.806. The summed E-state index contributed by atoms with van der Waals surface area (Å²) in [6.07, 6.45) is -1.96. The Morgan fingerprint density at radius 1 is 1.05 bits per heavy atom. The van der Waals surface area contributed by atoms with E-state index in [0.717, 1.165) is 34.7 Å². The monoisotopic (exact) mass is 305 g/mol. The third kappa shape index (κ3) is 2.82. The second-order valence-electron chi connectivity index (χ2n) is 5.05. The molecule has 2 heterocycles. The van der Waals surface area contributed by atoms with Gasteiger partial charge in [0.1, 0.15) is 5.65 Å². The van der Waals surface area contributed by atoms with Crippen molar-refractivity contribution in [2.45, 2.75) is 19.1 Å². The van der Waals surface area contributed by atoms with Gasteiger partial charge in [-0.05, 0) is 29.8 Å². The number of imidazole rings is 1. The van der Waals surface area contributed by atoms with Crippen molar-refractivity contribution < 1.29 is 13.2 Å². The number of pyridine rings is 1. The second kappa shape index (κ2) is 5.46. The minimum Gasteiger partial charge on any atom is -0.325 e. The van der Waals surface area contributed by atoms with Crippen molar-refractivity contribution in [1.82, 2.24) is 9.38 Å². The number of halogens is 3. The number of aromatic nitrogens is 2. The van der Waals surface area contributed by atoms with Crippen LogP contribution in [0, 0.1) is 0 Å². The zero-order valence-corrected chi connectivity index (χ0v) is 11.6. The summed E-state index contributed by atoms with van der Waals surface area (Å²) >= 11 is 0. The maximum absolute atomic E-state index is 12.5. The molecule has 0 unspecified atom stereocenters. The van der Waals surface area contributed by atoms with E-state index in [1.54, 1.807) is 0 Å². The second-order valence-corrected chi connectivity index (χ2v) is 5.05. The Morgan fingerprint density at radius 3 is 2.41 bits per heavy atom. The van der Waals surface area contributed by atoms with Crippen LogP contribution in [-0.2, 0) is 19.1 Å². The zero-order valence-electron chi connectivity index (χ0n) is 11.6. The van der Waals surface area contributed by atoms with Crippen LogP contribution in [0.4, 0.5) is 13.2 Å². The van der Waals surface area contributed by atoms with E-state index in [1.807, 2.05) is 28.8 Å². The lowest BCUT2D eigenvalue weighted by Crippen LogP contribution is -2.04. The molecule has 114 valence electrons. The van der Waals surface area contributed by atoms with Crippen LogP contribution in [0.1, 0.15) is 22.5 Å². The first-order valence-corrected chi connectivity index (χ1v) is 6.79. The fraction of sp³-hybridized carbons (Fsp3) is 0.188. The predicted octanol–water partition coefficient (Wildman–Crippen LogP) is 3.40. The van der Waals surface area contributed by atoms with Crippen molar-refractivity contribution in [3.05, 3.63) is 71.2 Å². The average Bonchev–Trinajstić information content (AvgIpc) is 2.89. The molecule has 0 radical (unpaired) electrons. The van der Waals surface area contributed by atoms with Crippen LogP contribution in [0.25, 0.3) is 5.65 Å². The summed E-state index contributed by atoms with van der Waals surface area (Å²) in [6, 6.07) is 10.8. The molecule has 0 saturated carbocycles. The standard InChI is InChI=1S/C16H14F3N3/c17-16(18,19)12-6-4-11(5-7-12)8-13-10-22-14(9-20)2-1-3-15(22)21-13/h1-7,10H,8-9,20H2. The highest BCUT2D eigenvalue weighted by Gasteiger charge is 2.29. The molecule has 3 nitrogen and oxygen atoms in total. The van der Waals surface area contributed by atoms with E-state index >= 15 is 0 Å². The minimum absolute atomic E-state index is 0.396. The Hall–Kier alpha value is -2.34. The van der Waals surface area contributed by atoms with E-state index in [9.17, 15) is 13.2 Å². The molecule has 0 amide bonds. The molecular weight excluding hydrogens is 291 g/mol. The molecule has 22 heavy (non-hydrogen) atoms. The van der Waals surface area contributed by atoms with Crippen LogP contribution < -0.4 is 5.73 Å². The molecule has 0 bridgehead atoms. The first-order chi connectivity index (χ1) is 10.5. The SMILES string of the molecule is NCc1cccc2nc(Cc3ccc(C(F)(F)F)cc3)cn12. The molecule has 0 aliphatic rings. The normalized spacial score (nSPS) is 12.0. The summed E-state index contributed by atoms with van der Waals surface area (Å²) in [5, 5.41) is 0. The van der Waals surface area contributed by atoms with Gasteiger partial charge in [0.15, 0.2) is 0 Å². The van der Waals surface area contributed by atoms with E-state index in [4.69, 9.17) is 5.73 Å². The molecule has 3 aromatic rings. The van der Waals surface area contributed by atoms with Crippen LogP contribution >= 0.6 is 0 Å². The van der Waals surface area contributed by atoms with Crippen molar-refractivity contribution in [2.24, 2.45) is 5.73 Å². The Kier molecular flexibility index (Phi) is 3.62. The summed E-state index contributed by atoms with van der Waals surface area (Å²) in [5.74, 6) is 0. The fourth-order valence-electron chi connectivity index (χ4n) is 2.39. The number of hydrogen-bond acceptors (Lipinski definition) is 2. The lowest BCUT2D eigenvalue weighted by Gasteiger charge is -2.06. The van der Waals surface area contributed by atoms with E-state index < -0.39 is 11.7 Å². The van der Waals surface area contributed by atoms with Crippen LogP contribution in [0.15, 0.2) is 48.7 Å². The van der Waals surface area contributed by atoms with Gasteiger partial charge in [0, 0.05) is 24.9 Å². The van der Waals surface area contributed by atoms with Gasteiger partial charge in [-0.2, -0.15) is 13.2 Å². The van der Waals surface area contributed by atoms with E-state index in [1.165, 1.54) is 12.1 Å². The van der Waals surface area contributed by atoms with Gasteiger partial charge < -0.3 is 10.1 Å². The largest absolute Gasteiger partial charge is 0.416 e. The Morgan fingerprint density at radius 2 is 1.77 bits per heavy atom. The number of nitrogens with zero attached hydrogens (tertiary/aromatic N) is 2. The van der Waals surface area contributed by atoms with E-state index in [0.29, 0.717) is 13.0 Å². The molecular formula is C16H14F3N3. The van der Waals surface area contributed by atoms with Gasteiger partial charge >= 0.3 is 6.18 Å². The Labute approximate surface area is 125 Å². The summed E-state index contributed by atoms with van der Waals surface area (Å²) in [5.41, 5.74) is 8.33. The highest BCUT2D eigenvalue weighted by Crippen LogP contribution is 2.29. The van der Waals surface area contributed by atoms with E-state index in [-0.39, 0.29) is 0 Å². The van der Waals surface area contributed by atoms with Crippen LogP contribution in [0.5, 0.6) is 0 Å². The average molecular weight is 305 g/mol. The molecule has 0 atom stereocenters. The van der Waals surface area contributed by atoms with Crippen molar-refractivity contribution >= 4 is 5.65 Å². The van der Waals surface area contributed by atoms with Crippen molar-refractivity contribution in [3.63, 3.8) is 0 Å². The molecule has 0 spiro atoms. The Bertz CT molecular complexity index is 788. The number of hydrogen-bond donors (Lipinski definition) is 1. The maximum Gasteiger partial charge on any atom is 0.416 e. The van der Waals surface area contributed by atoms with Gasteiger partial charge in [0.2, 0.25) is 0 Å². The number of fused-ring (bicyclic) bond motifs is 1. The molecule has 2 aromatic heterocycles. The lowest BCUT2D eigenvalue weighted by atomic mass is 10.1. The van der Waals surface area contributed by atoms with Gasteiger partial charge in [-0.1, -0.05) is 18.2 Å². The number of benzene rings is 1. The summed E-state index contributed by atoms with van der Waals surface area (Å²) < 4.78 is 39.5. The van der Waals surface area contributed by atoms with Gasteiger partial charge in [-0.15, -0.1) is 0 Å². The molecule has 3 rings (SSSR count). The Balaban J connectivity index is 1.87. The van der Waals surface area contributed by atoms with Gasteiger partial charge in [-0.25, -0.2) is 4.98 Å². The zero-order chi connectivity index (χ0) is 15.7. The van der Waals surface area contributed by atoms with Crippen LogP contribution in [0.2, 0.25) is 0 Å². The highest BCUT2D eigenvalue weighted by atomic mass is 19.4. The predicted molar refractivity (Wildman–Crippen MR) is 77.3 cm³/mol. The number of nitrogens with two attached hydrogens (primary N) is 1. The third-order valence-corrected chi connectivity index (χ3v) is 3.50. The first kappa shape index (κ1) is 14.6. The lowest BCUT2D eigenvalue weighted by molar-refractivity contribution is -0.137. The number of rotatable bonds is 3. The van der Waals surface area contributed by atoms with Crippen LogP contribution in [-0.4, -0.2) is 9.38 Å². The van der Waals surface area contributed by atoms with Crippen LogP contribution in [0.3, 0.4) is 0 Å². The van der Waals surface area contributed by atoms with Gasteiger partial charge in [-0.3, -0.25) is 0 Å². The van der Waals surface area contributed by atoms with E-state index in [2.05, 4.69) is 4.98 Å². The molecule has 0 aliphatic heterocycles. The topological polar surface area (TPSA) is 43.3 Å². The molecule has 0 fully saturated rings. The summed E-state index contributed by atoms with van der Waals surface area (Å²) in [4.78, 5) is 4.47.